The van der Waals surface area contributed by atoms with E-state index < -0.39 is 53.4 Å². The fraction of sp³-hybridized carbons (Fsp3) is 0.526. The molecular formula is C38H55N7O7. The van der Waals surface area contributed by atoms with Crippen LogP contribution < -0.4 is 32.7 Å². The minimum absolute atomic E-state index is 0.0277. The Bertz CT molecular complexity index is 1500. The second-order valence-corrected chi connectivity index (χ2v) is 14.1. The Labute approximate surface area is 305 Å². The number of amides is 5. The number of carbonyl (C=O) groups excluding carboxylic acids is 5. The Morgan fingerprint density at radius 1 is 0.769 bits per heavy atom. The van der Waals surface area contributed by atoms with Crippen molar-refractivity contribution >= 4 is 35.5 Å². The van der Waals surface area contributed by atoms with Crippen molar-refractivity contribution in [1.29, 1.82) is 0 Å². The van der Waals surface area contributed by atoms with Gasteiger partial charge in [-0.2, -0.15) is 0 Å². The average Bonchev–Trinajstić information content (AvgIpc) is 3.10. The van der Waals surface area contributed by atoms with Crippen LogP contribution >= 0.6 is 0 Å². The molecule has 1 heterocycles. The molecule has 14 nitrogen and oxygen atoms in total. The standard InChI is InChI=1S/C38H55N7O7/c1-25(2)22-31(34(48)42-30(16-10-11-19-41-26(3)46)36(50)45-20-17-38(40,18-21-45)37(51)52)44-35(49)32(24-28-14-8-5-9-15-28)43-33(47)29(39)23-27-12-6-4-7-13-27/h4-9,12-15,25,29-32H,10-11,16-24,39-40H2,1-3H3,(H,41,46)(H,42,48)(H,43,47)(H,44,49)(H,51,52)/t29-,30-,31+,32-/m1/s1. The van der Waals surface area contributed by atoms with Gasteiger partial charge < -0.3 is 42.7 Å². The highest BCUT2D eigenvalue weighted by molar-refractivity contribution is 5.95. The number of nitrogens with one attached hydrogen (secondary N) is 4. The van der Waals surface area contributed by atoms with Crippen LogP contribution in [0.5, 0.6) is 0 Å². The molecule has 0 spiro atoms. The predicted molar refractivity (Wildman–Crippen MR) is 196 cm³/mol. The summed E-state index contributed by atoms with van der Waals surface area (Å²) in [5.74, 6) is -3.37. The maximum atomic E-state index is 13.9. The molecule has 1 fully saturated rings. The smallest absolute Gasteiger partial charge is 0.323 e. The minimum Gasteiger partial charge on any atom is -0.480 e. The lowest BCUT2D eigenvalue weighted by molar-refractivity contribution is -0.148. The first-order valence-corrected chi connectivity index (χ1v) is 18.0. The zero-order valence-electron chi connectivity index (χ0n) is 30.4. The normalized spacial score (nSPS) is 16.2. The highest BCUT2D eigenvalue weighted by atomic mass is 16.4. The molecule has 2 aromatic rings. The van der Waals surface area contributed by atoms with Crippen molar-refractivity contribution in [3.8, 4) is 0 Å². The van der Waals surface area contributed by atoms with Gasteiger partial charge in [0.1, 0.15) is 23.7 Å². The molecule has 9 N–H and O–H groups in total. The summed E-state index contributed by atoms with van der Waals surface area (Å²) in [4.78, 5) is 79.4. The van der Waals surface area contributed by atoms with E-state index >= 15 is 0 Å². The summed E-state index contributed by atoms with van der Waals surface area (Å²) in [6.07, 6.45) is 2.10. The number of carbonyl (C=O) groups is 6. The highest BCUT2D eigenvalue weighted by Gasteiger charge is 2.40. The van der Waals surface area contributed by atoms with Crippen molar-refractivity contribution in [3.63, 3.8) is 0 Å². The molecule has 52 heavy (non-hydrogen) atoms. The van der Waals surface area contributed by atoms with Crippen molar-refractivity contribution in [3.05, 3.63) is 71.8 Å². The number of benzene rings is 2. The number of aliphatic carboxylic acids is 1. The summed E-state index contributed by atoms with van der Waals surface area (Å²) in [5.41, 5.74) is 12.5. The number of hydrogen-bond acceptors (Lipinski definition) is 8. The topological polar surface area (TPSA) is 226 Å². The summed E-state index contributed by atoms with van der Waals surface area (Å²) in [5, 5.41) is 20.7. The lowest BCUT2D eigenvalue weighted by Crippen LogP contribution is -2.60. The summed E-state index contributed by atoms with van der Waals surface area (Å²) in [6, 6.07) is 14.5. The van der Waals surface area contributed by atoms with E-state index in [9.17, 15) is 33.9 Å². The van der Waals surface area contributed by atoms with Crippen LogP contribution in [0, 0.1) is 5.92 Å². The summed E-state index contributed by atoms with van der Waals surface area (Å²) >= 11 is 0. The van der Waals surface area contributed by atoms with Crippen molar-refractivity contribution in [1.82, 2.24) is 26.2 Å². The van der Waals surface area contributed by atoms with Gasteiger partial charge in [-0.25, -0.2) is 0 Å². The van der Waals surface area contributed by atoms with Crippen LogP contribution in [0.25, 0.3) is 0 Å². The Balaban J connectivity index is 1.78. The van der Waals surface area contributed by atoms with E-state index in [1.165, 1.54) is 11.8 Å². The van der Waals surface area contributed by atoms with E-state index in [1.807, 2.05) is 74.5 Å². The molecule has 284 valence electrons. The number of likely N-dealkylation sites (tertiary alicyclic amines) is 1. The summed E-state index contributed by atoms with van der Waals surface area (Å²) in [7, 11) is 0. The van der Waals surface area contributed by atoms with E-state index in [-0.39, 0.29) is 69.3 Å². The molecule has 0 unspecified atom stereocenters. The van der Waals surface area contributed by atoms with E-state index in [4.69, 9.17) is 11.5 Å². The quantitative estimate of drug-likeness (QED) is 0.103. The second-order valence-electron chi connectivity index (χ2n) is 14.1. The van der Waals surface area contributed by atoms with E-state index in [1.54, 1.807) is 0 Å². The number of rotatable bonds is 19. The van der Waals surface area contributed by atoms with Gasteiger partial charge in [0.15, 0.2) is 0 Å². The minimum atomic E-state index is -1.43. The van der Waals surface area contributed by atoms with Crippen molar-refractivity contribution in [2.45, 2.75) is 102 Å². The largest absolute Gasteiger partial charge is 0.480 e. The molecular weight excluding hydrogens is 666 g/mol. The van der Waals surface area contributed by atoms with Crippen LogP contribution in [0.3, 0.4) is 0 Å². The molecule has 1 aliphatic heterocycles. The maximum absolute atomic E-state index is 13.9. The number of nitrogens with two attached hydrogens (primary N) is 2. The van der Waals surface area contributed by atoms with Crippen LogP contribution in [-0.2, 0) is 41.6 Å². The van der Waals surface area contributed by atoms with Gasteiger partial charge in [-0.05, 0) is 62.0 Å². The van der Waals surface area contributed by atoms with Crippen LogP contribution in [0.15, 0.2) is 60.7 Å². The van der Waals surface area contributed by atoms with E-state index in [0.717, 1.165) is 11.1 Å². The molecule has 1 saturated heterocycles. The number of piperidine rings is 1. The molecule has 0 bridgehead atoms. The molecule has 14 heteroatoms. The maximum Gasteiger partial charge on any atom is 0.323 e. The van der Waals surface area contributed by atoms with E-state index in [0.29, 0.717) is 19.4 Å². The number of nitrogens with zero attached hydrogens (tertiary/aromatic N) is 1. The van der Waals surface area contributed by atoms with E-state index in [2.05, 4.69) is 21.3 Å². The molecule has 0 aliphatic carbocycles. The SMILES string of the molecule is CC(=O)NCCCC[C@@H](NC(=O)[C@H](CC(C)C)NC(=O)[C@@H](Cc1ccccc1)NC(=O)[C@H](N)Cc1ccccc1)C(=O)N1CCC(N)(C(=O)O)CC1. The van der Waals surface area contributed by atoms with Gasteiger partial charge >= 0.3 is 5.97 Å². The van der Waals surface area contributed by atoms with Crippen molar-refractivity contribution < 1.29 is 33.9 Å². The first-order valence-electron chi connectivity index (χ1n) is 18.0. The number of hydrogen-bond donors (Lipinski definition) is 7. The third kappa shape index (κ3) is 13.4. The molecule has 0 saturated carbocycles. The Kier molecular flexibility index (Phi) is 16.2. The molecule has 4 atom stereocenters. The first kappa shape index (κ1) is 41.6. The molecule has 0 radical (unpaired) electrons. The van der Waals surface area contributed by atoms with Gasteiger partial charge in [0, 0.05) is 33.0 Å². The zero-order chi connectivity index (χ0) is 38.3. The Hall–Kier alpha value is -4.82. The van der Waals surface area contributed by atoms with Crippen LogP contribution in [0.4, 0.5) is 0 Å². The third-order valence-electron chi connectivity index (χ3n) is 9.19. The van der Waals surface area contributed by atoms with Crippen LogP contribution in [0.1, 0.15) is 70.4 Å². The van der Waals surface area contributed by atoms with Gasteiger partial charge in [-0.15, -0.1) is 0 Å². The van der Waals surface area contributed by atoms with Gasteiger partial charge in [-0.3, -0.25) is 28.8 Å². The fourth-order valence-corrected chi connectivity index (χ4v) is 6.10. The Morgan fingerprint density at radius 2 is 1.29 bits per heavy atom. The second kappa shape index (κ2) is 20.3. The molecule has 3 rings (SSSR count). The zero-order valence-corrected chi connectivity index (χ0v) is 30.4. The van der Waals surface area contributed by atoms with Crippen molar-refractivity contribution in [2.24, 2.45) is 17.4 Å². The van der Waals surface area contributed by atoms with Gasteiger partial charge in [0.25, 0.3) is 0 Å². The number of carboxylic acid groups (broad SMARTS) is 1. The summed E-state index contributed by atoms with van der Waals surface area (Å²) < 4.78 is 0. The predicted octanol–water partition coefficient (Wildman–Crippen LogP) is 1.01. The van der Waals surface area contributed by atoms with Crippen LogP contribution in [-0.4, -0.2) is 94.9 Å². The first-order chi connectivity index (χ1) is 24.7. The average molecular weight is 722 g/mol. The lowest BCUT2D eigenvalue weighted by atomic mass is 9.88. The van der Waals surface area contributed by atoms with Crippen molar-refractivity contribution in [2.75, 3.05) is 19.6 Å². The molecule has 2 aromatic carbocycles. The lowest BCUT2D eigenvalue weighted by Gasteiger charge is -2.38. The number of carboxylic acids is 1. The fourth-order valence-electron chi connectivity index (χ4n) is 6.10. The highest BCUT2D eigenvalue weighted by Crippen LogP contribution is 2.21. The number of unbranched alkanes of at least 4 members (excludes halogenated alkanes) is 1. The molecule has 0 aromatic heterocycles. The summed E-state index contributed by atoms with van der Waals surface area (Å²) in [6.45, 7) is 5.84. The van der Waals surface area contributed by atoms with Gasteiger partial charge in [0.05, 0.1) is 6.04 Å². The third-order valence-corrected chi connectivity index (χ3v) is 9.19. The van der Waals surface area contributed by atoms with Gasteiger partial charge in [0.2, 0.25) is 29.5 Å². The Morgan fingerprint density at radius 3 is 1.83 bits per heavy atom. The van der Waals surface area contributed by atoms with Crippen LogP contribution in [0.2, 0.25) is 0 Å². The van der Waals surface area contributed by atoms with Gasteiger partial charge in [-0.1, -0.05) is 74.5 Å². The molecule has 1 aliphatic rings. The molecule has 5 amide bonds. The monoisotopic (exact) mass is 721 g/mol.